The second-order valence-corrected chi connectivity index (χ2v) is 5.06. The maximum atomic E-state index is 13.5. The van der Waals surface area contributed by atoms with Gasteiger partial charge in [-0.15, -0.1) is 0 Å². The van der Waals surface area contributed by atoms with Crippen LogP contribution in [0.1, 0.15) is 17.5 Å². The van der Waals surface area contributed by atoms with Crippen LogP contribution in [0.2, 0.25) is 0 Å². The van der Waals surface area contributed by atoms with Crippen molar-refractivity contribution >= 4 is 5.71 Å². The molecule has 3 nitrogen and oxygen atoms in total. The fourth-order valence-corrected chi connectivity index (χ4v) is 2.35. The van der Waals surface area contributed by atoms with E-state index in [1.165, 1.54) is 6.07 Å². The topological polar surface area (TPSA) is 33.6 Å². The highest BCUT2D eigenvalue weighted by Gasteiger charge is 2.21. The molecule has 0 saturated carbocycles. The molecule has 2 aromatic rings. The van der Waals surface area contributed by atoms with Gasteiger partial charge in [-0.25, -0.2) is 4.39 Å². The molecule has 1 atom stereocenters. The molecule has 21 heavy (non-hydrogen) atoms. The molecule has 108 valence electrons. The molecule has 0 aromatic heterocycles. The molecule has 0 saturated heterocycles. The Labute approximate surface area is 123 Å². The van der Waals surface area contributed by atoms with Gasteiger partial charge in [-0.3, -0.25) is 0 Å². The van der Waals surface area contributed by atoms with E-state index in [0.29, 0.717) is 18.7 Å². The van der Waals surface area contributed by atoms with Crippen molar-refractivity contribution in [3.8, 4) is 0 Å². The number of hydrogen-bond acceptors (Lipinski definition) is 3. The Morgan fingerprint density at radius 3 is 2.67 bits per heavy atom. The standard InChI is InChI=1S/C17H17FN2O/c18-16-9-5-4-8-14(16)11-19-12-15-10-17(20-21-15)13-6-2-1-3-7-13/h1-9,15,19H,10-12H2/t15-/m0/s1. The number of rotatable bonds is 5. The SMILES string of the molecule is Fc1ccccc1CNC[C@@H]1CC(c2ccccc2)=NO1. The second kappa shape index (κ2) is 6.50. The number of nitrogens with zero attached hydrogens (tertiary/aromatic N) is 1. The van der Waals surface area contributed by atoms with E-state index >= 15 is 0 Å². The number of nitrogens with one attached hydrogen (secondary N) is 1. The maximum Gasteiger partial charge on any atom is 0.145 e. The minimum Gasteiger partial charge on any atom is -0.390 e. The van der Waals surface area contributed by atoms with Gasteiger partial charge in [-0.2, -0.15) is 0 Å². The van der Waals surface area contributed by atoms with Crippen molar-refractivity contribution in [2.24, 2.45) is 5.16 Å². The first-order valence-electron chi connectivity index (χ1n) is 7.05. The fraction of sp³-hybridized carbons (Fsp3) is 0.235. The zero-order valence-electron chi connectivity index (χ0n) is 11.6. The van der Waals surface area contributed by atoms with Crippen LogP contribution < -0.4 is 5.32 Å². The van der Waals surface area contributed by atoms with Crippen LogP contribution in [0, 0.1) is 5.82 Å². The summed E-state index contributed by atoms with van der Waals surface area (Å²) >= 11 is 0. The zero-order valence-corrected chi connectivity index (χ0v) is 11.6. The fourth-order valence-electron chi connectivity index (χ4n) is 2.35. The summed E-state index contributed by atoms with van der Waals surface area (Å²) in [4.78, 5) is 5.42. The van der Waals surface area contributed by atoms with E-state index < -0.39 is 0 Å². The smallest absolute Gasteiger partial charge is 0.145 e. The average molecular weight is 284 g/mol. The first-order valence-corrected chi connectivity index (χ1v) is 7.05. The highest BCUT2D eigenvalue weighted by Crippen LogP contribution is 2.16. The van der Waals surface area contributed by atoms with Gasteiger partial charge in [0, 0.05) is 25.1 Å². The first-order chi connectivity index (χ1) is 10.3. The highest BCUT2D eigenvalue weighted by molar-refractivity contribution is 6.01. The zero-order chi connectivity index (χ0) is 14.5. The van der Waals surface area contributed by atoms with Gasteiger partial charge in [-0.1, -0.05) is 53.7 Å². The predicted octanol–water partition coefficient (Wildman–Crippen LogP) is 3.11. The Bertz CT molecular complexity index is 628. The maximum absolute atomic E-state index is 13.5. The lowest BCUT2D eigenvalue weighted by molar-refractivity contribution is 0.0848. The second-order valence-electron chi connectivity index (χ2n) is 5.06. The first kappa shape index (κ1) is 13.8. The molecule has 0 radical (unpaired) electrons. The molecule has 1 aliphatic rings. The molecule has 4 heteroatoms. The van der Waals surface area contributed by atoms with Gasteiger partial charge >= 0.3 is 0 Å². The van der Waals surface area contributed by atoms with Crippen LogP contribution in [-0.4, -0.2) is 18.4 Å². The van der Waals surface area contributed by atoms with Crippen LogP contribution in [0.3, 0.4) is 0 Å². The lowest BCUT2D eigenvalue weighted by Gasteiger charge is -2.10. The number of oxime groups is 1. The van der Waals surface area contributed by atoms with Crippen molar-refractivity contribution in [1.29, 1.82) is 0 Å². The summed E-state index contributed by atoms with van der Waals surface area (Å²) in [7, 11) is 0. The monoisotopic (exact) mass is 284 g/mol. The largest absolute Gasteiger partial charge is 0.390 e. The third-order valence-corrected chi connectivity index (χ3v) is 3.49. The quantitative estimate of drug-likeness (QED) is 0.915. The van der Waals surface area contributed by atoms with E-state index in [1.807, 2.05) is 36.4 Å². The summed E-state index contributed by atoms with van der Waals surface area (Å²) in [5.41, 5.74) is 2.72. The minimum atomic E-state index is -0.182. The number of halogens is 1. The van der Waals surface area contributed by atoms with Crippen molar-refractivity contribution in [1.82, 2.24) is 5.32 Å². The van der Waals surface area contributed by atoms with E-state index in [1.54, 1.807) is 12.1 Å². The van der Waals surface area contributed by atoms with E-state index in [9.17, 15) is 4.39 Å². The van der Waals surface area contributed by atoms with Crippen LogP contribution in [0.4, 0.5) is 4.39 Å². The summed E-state index contributed by atoms with van der Waals surface area (Å²) in [5.74, 6) is -0.182. The summed E-state index contributed by atoms with van der Waals surface area (Å²) in [6.45, 7) is 1.14. The van der Waals surface area contributed by atoms with E-state index in [0.717, 1.165) is 17.7 Å². The molecule has 0 unspecified atom stereocenters. The molecule has 1 aliphatic heterocycles. The molecule has 3 rings (SSSR count). The summed E-state index contributed by atoms with van der Waals surface area (Å²) in [6.07, 6.45) is 0.779. The van der Waals surface area contributed by atoms with E-state index in [4.69, 9.17) is 4.84 Å². The van der Waals surface area contributed by atoms with Crippen LogP contribution in [-0.2, 0) is 11.4 Å². The van der Waals surface area contributed by atoms with Gasteiger partial charge < -0.3 is 10.2 Å². The third kappa shape index (κ3) is 3.47. The Kier molecular flexibility index (Phi) is 4.26. The van der Waals surface area contributed by atoms with Crippen molar-refractivity contribution in [3.63, 3.8) is 0 Å². The lowest BCUT2D eigenvalue weighted by atomic mass is 10.1. The number of benzene rings is 2. The summed E-state index contributed by atoms with van der Waals surface area (Å²) < 4.78 is 13.5. The van der Waals surface area contributed by atoms with Crippen LogP contribution >= 0.6 is 0 Å². The van der Waals surface area contributed by atoms with E-state index in [-0.39, 0.29) is 11.9 Å². The van der Waals surface area contributed by atoms with Crippen LogP contribution in [0.15, 0.2) is 59.8 Å². The molecule has 0 aliphatic carbocycles. The highest BCUT2D eigenvalue weighted by atomic mass is 19.1. The third-order valence-electron chi connectivity index (χ3n) is 3.49. The average Bonchev–Trinajstić information content (AvgIpc) is 2.99. The van der Waals surface area contributed by atoms with Gasteiger partial charge in [0.15, 0.2) is 0 Å². The minimum absolute atomic E-state index is 0.00646. The van der Waals surface area contributed by atoms with Crippen molar-refractivity contribution in [2.75, 3.05) is 6.54 Å². The van der Waals surface area contributed by atoms with E-state index in [2.05, 4.69) is 10.5 Å². The molecule has 0 spiro atoms. The normalized spacial score (nSPS) is 17.4. The Balaban J connectivity index is 1.48. The molecular weight excluding hydrogens is 267 g/mol. The predicted molar refractivity (Wildman–Crippen MR) is 80.6 cm³/mol. The molecule has 1 N–H and O–H groups in total. The molecule has 0 bridgehead atoms. The molecule has 0 amide bonds. The molecule has 2 aromatic carbocycles. The summed E-state index contributed by atoms with van der Waals surface area (Å²) in [5, 5.41) is 7.35. The molecule has 1 heterocycles. The summed E-state index contributed by atoms with van der Waals surface area (Å²) in [6, 6.07) is 16.8. The lowest BCUT2D eigenvalue weighted by Crippen LogP contribution is -2.27. The van der Waals surface area contributed by atoms with Gasteiger partial charge in [0.1, 0.15) is 11.9 Å². The van der Waals surface area contributed by atoms with Crippen molar-refractivity contribution in [3.05, 3.63) is 71.5 Å². The van der Waals surface area contributed by atoms with Gasteiger partial charge in [-0.05, 0) is 11.6 Å². The van der Waals surface area contributed by atoms with Gasteiger partial charge in [0.05, 0.1) is 5.71 Å². The molecular formula is C17H17FN2O. The van der Waals surface area contributed by atoms with Crippen molar-refractivity contribution < 1.29 is 9.23 Å². The van der Waals surface area contributed by atoms with Gasteiger partial charge in [0.25, 0.3) is 0 Å². The molecule has 0 fully saturated rings. The van der Waals surface area contributed by atoms with Crippen LogP contribution in [0.5, 0.6) is 0 Å². The Morgan fingerprint density at radius 1 is 1.10 bits per heavy atom. The Morgan fingerprint density at radius 2 is 1.86 bits per heavy atom. The van der Waals surface area contributed by atoms with Crippen LogP contribution in [0.25, 0.3) is 0 Å². The number of hydrogen-bond donors (Lipinski definition) is 1. The van der Waals surface area contributed by atoms with Gasteiger partial charge in [0.2, 0.25) is 0 Å². The van der Waals surface area contributed by atoms with Crippen molar-refractivity contribution in [2.45, 2.75) is 19.1 Å². The Hall–Kier alpha value is -2.20.